The third kappa shape index (κ3) is 6.49. The highest BCUT2D eigenvalue weighted by Crippen LogP contribution is 2.16. The van der Waals surface area contributed by atoms with Crippen molar-refractivity contribution in [2.75, 3.05) is 13.1 Å². The van der Waals surface area contributed by atoms with Crippen LogP contribution < -0.4 is 10.1 Å². The van der Waals surface area contributed by atoms with Crippen LogP contribution in [-0.4, -0.2) is 24.2 Å². The topological polar surface area (TPSA) is 34.1 Å². The molecule has 96 valence electrons. The minimum atomic E-state index is 0.122. The molecule has 1 aromatic rings. The van der Waals surface area contributed by atoms with Crippen LogP contribution in [0.15, 0.2) is 18.5 Å². The van der Waals surface area contributed by atoms with Gasteiger partial charge in [0.25, 0.3) is 0 Å². The van der Waals surface area contributed by atoms with Gasteiger partial charge in [-0.1, -0.05) is 31.4 Å². The van der Waals surface area contributed by atoms with Crippen molar-refractivity contribution in [2.45, 2.75) is 39.2 Å². The Morgan fingerprint density at radius 1 is 1.41 bits per heavy atom. The van der Waals surface area contributed by atoms with E-state index in [0.717, 1.165) is 18.8 Å². The van der Waals surface area contributed by atoms with Gasteiger partial charge >= 0.3 is 0 Å². The van der Waals surface area contributed by atoms with Crippen molar-refractivity contribution in [3.63, 3.8) is 0 Å². The Hall–Kier alpha value is -0.800. The Balaban J connectivity index is 2.18. The molecule has 0 bridgehead atoms. The molecule has 0 saturated heterocycles. The van der Waals surface area contributed by atoms with E-state index in [0.29, 0.717) is 5.02 Å². The number of hydrogen-bond donors (Lipinski definition) is 1. The van der Waals surface area contributed by atoms with E-state index in [1.807, 2.05) is 6.92 Å². The lowest BCUT2D eigenvalue weighted by molar-refractivity contribution is 0.216. The summed E-state index contributed by atoms with van der Waals surface area (Å²) < 4.78 is 5.69. The van der Waals surface area contributed by atoms with E-state index >= 15 is 0 Å². The van der Waals surface area contributed by atoms with E-state index in [2.05, 4.69) is 17.2 Å². The van der Waals surface area contributed by atoms with Crippen molar-refractivity contribution in [3.8, 4) is 5.75 Å². The molecule has 1 heterocycles. The highest BCUT2D eigenvalue weighted by molar-refractivity contribution is 6.30. The molecular weight excluding hydrogens is 236 g/mol. The predicted molar refractivity (Wildman–Crippen MR) is 71.7 cm³/mol. The first-order valence-electron chi connectivity index (χ1n) is 6.20. The maximum Gasteiger partial charge on any atom is 0.139 e. The molecule has 1 N–H and O–H groups in total. The summed E-state index contributed by atoms with van der Waals surface area (Å²) in [6.07, 6.45) is 7.16. The van der Waals surface area contributed by atoms with Gasteiger partial charge in [0.15, 0.2) is 0 Å². The van der Waals surface area contributed by atoms with Gasteiger partial charge < -0.3 is 10.1 Å². The predicted octanol–water partition coefficient (Wildman–Crippen LogP) is 3.28. The SMILES string of the molecule is CCCCCNCC(C)Oc1cncc(Cl)c1. The molecule has 1 aromatic heterocycles. The lowest BCUT2D eigenvalue weighted by Gasteiger charge is -2.15. The van der Waals surface area contributed by atoms with Gasteiger partial charge in [-0.15, -0.1) is 0 Å². The van der Waals surface area contributed by atoms with E-state index in [4.69, 9.17) is 16.3 Å². The molecule has 4 heteroatoms. The molecule has 17 heavy (non-hydrogen) atoms. The van der Waals surface area contributed by atoms with Crippen LogP contribution >= 0.6 is 11.6 Å². The summed E-state index contributed by atoms with van der Waals surface area (Å²) in [6.45, 7) is 6.14. The van der Waals surface area contributed by atoms with Crippen molar-refractivity contribution in [1.82, 2.24) is 10.3 Å². The highest BCUT2D eigenvalue weighted by Gasteiger charge is 2.04. The Morgan fingerprint density at radius 2 is 2.24 bits per heavy atom. The molecule has 0 aliphatic heterocycles. The van der Waals surface area contributed by atoms with E-state index in [9.17, 15) is 0 Å². The largest absolute Gasteiger partial charge is 0.488 e. The lowest BCUT2D eigenvalue weighted by atomic mass is 10.2. The molecule has 0 radical (unpaired) electrons. The van der Waals surface area contributed by atoms with Crippen LogP contribution in [0.4, 0.5) is 0 Å². The number of nitrogens with one attached hydrogen (secondary N) is 1. The minimum Gasteiger partial charge on any atom is -0.488 e. The third-order valence-electron chi connectivity index (χ3n) is 2.41. The van der Waals surface area contributed by atoms with E-state index in [1.54, 1.807) is 18.5 Å². The van der Waals surface area contributed by atoms with Crippen LogP contribution in [-0.2, 0) is 0 Å². The second kappa shape index (κ2) is 8.31. The van der Waals surface area contributed by atoms with Gasteiger partial charge in [-0.2, -0.15) is 0 Å². The second-order valence-electron chi connectivity index (χ2n) is 4.18. The maximum atomic E-state index is 5.83. The maximum absolute atomic E-state index is 5.83. The third-order valence-corrected chi connectivity index (χ3v) is 2.61. The van der Waals surface area contributed by atoms with Gasteiger partial charge in [-0.25, -0.2) is 0 Å². The molecular formula is C13H21ClN2O. The van der Waals surface area contributed by atoms with Crippen LogP contribution in [0, 0.1) is 0 Å². The van der Waals surface area contributed by atoms with Gasteiger partial charge in [-0.3, -0.25) is 4.98 Å². The molecule has 0 saturated carbocycles. The Labute approximate surface area is 109 Å². The number of hydrogen-bond acceptors (Lipinski definition) is 3. The Kier molecular flexibility index (Phi) is 6.97. The summed E-state index contributed by atoms with van der Waals surface area (Å²) in [6, 6.07) is 1.78. The van der Waals surface area contributed by atoms with Crippen LogP contribution in [0.2, 0.25) is 5.02 Å². The van der Waals surface area contributed by atoms with E-state index in [1.165, 1.54) is 19.3 Å². The summed E-state index contributed by atoms with van der Waals surface area (Å²) in [5, 5.41) is 3.98. The molecule has 0 fully saturated rings. The van der Waals surface area contributed by atoms with Crippen LogP contribution in [0.3, 0.4) is 0 Å². The fraction of sp³-hybridized carbons (Fsp3) is 0.615. The normalized spacial score (nSPS) is 12.4. The summed E-state index contributed by atoms with van der Waals surface area (Å²) in [5.74, 6) is 0.723. The van der Waals surface area contributed by atoms with Gasteiger partial charge in [0.1, 0.15) is 11.9 Å². The average Bonchev–Trinajstić information content (AvgIpc) is 2.29. The van der Waals surface area contributed by atoms with E-state index in [-0.39, 0.29) is 6.10 Å². The van der Waals surface area contributed by atoms with Gasteiger partial charge in [0.05, 0.1) is 11.2 Å². The van der Waals surface area contributed by atoms with Gasteiger partial charge in [0, 0.05) is 18.8 Å². The Morgan fingerprint density at radius 3 is 2.94 bits per heavy atom. The number of halogens is 1. The van der Waals surface area contributed by atoms with Crippen molar-refractivity contribution in [1.29, 1.82) is 0 Å². The number of pyridine rings is 1. The first-order valence-corrected chi connectivity index (χ1v) is 6.58. The zero-order valence-corrected chi connectivity index (χ0v) is 11.3. The minimum absolute atomic E-state index is 0.122. The standard InChI is InChI=1S/C13H21ClN2O/c1-3-4-5-6-15-8-11(2)17-13-7-12(14)9-16-10-13/h7,9-11,15H,3-6,8H2,1-2H3. The molecule has 1 rings (SSSR count). The number of unbranched alkanes of at least 4 members (excludes halogenated alkanes) is 2. The van der Waals surface area contributed by atoms with Crippen molar-refractivity contribution < 1.29 is 4.74 Å². The fourth-order valence-electron chi connectivity index (χ4n) is 1.54. The quantitative estimate of drug-likeness (QED) is 0.725. The molecule has 0 aliphatic rings. The smallest absolute Gasteiger partial charge is 0.139 e. The highest BCUT2D eigenvalue weighted by atomic mass is 35.5. The number of rotatable bonds is 8. The molecule has 0 spiro atoms. The fourth-order valence-corrected chi connectivity index (χ4v) is 1.70. The summed E-state index contributed by atoms with van der Waals surface area (Å²) >= 11 is 5.83. The monoisotopic (exact) mass is 256 g/mol. The van der Waals surface area contributed by atoms with Crippen molar-refractivity contribution in [3.05, 3.63) is 23.5 Å². The lowest BCUT2D eigenvalue weighted by Crippen LogP contribution is -2.29. The molecule has 0 amide bonds. The molecule has 3 nitrogen and oxygen atoms in total. The Bertz CT molecular complexity index is 320. The second-order valence-corrected chi connectivity index (χ2v) is 4.61. The molecule has 1 atom stereocenters. The summed E-state index contributed by atoms with van der Waals surface area (Å²) in [7, 11) is 0. The molecule has 0 aliphatic carbocycles. The van der Waals surface area contributed by atoms with Crippen LogP contribution in [0.25, 0.3) is 0 Å². The number of nitrogens with zero attached hydrogens (tertiary/aromatic N) is 1. The van der Waals surface area contributed by atoms with Gasteiger partial charge in [0.2, 0.25) is 0 Å². The molecule has 1 unspecified atom stereocenters. The van der Waals surface area contributed by atoms with Crippen molar-refractivity contribution >= 4 is 11.6 Å². The summed E-state index contributed by atoms with van der Waals surface area (Å²) in [4.78, 5) is 3.98. The van der Waals surface area contributed by atoms with Gasteiger partial charge in [-0.05, 0) is 19.9 Å². The van der Waals surface area contributed by atoms with Crippen LogP contribution in [0.5, 0.6) is 5.75 Å². The first kappa shape index (κ1) is 14.3. The zero-order valence-electron chi connectivity index (χ0n) is 10.6. The first-order chi connectivity index (χ1) is 8.22. The van der Waals surface area contributed by atoms with E-state index < -0.39 is 0 Å². The average molecular weight is 257 g/mol. The van der Waals surface area contributed by atoms with Crippen molar-refractivity contribution in [2.24, 2.45) is 0 Å². The van der Waals surface area contributed by atoms with Crippen LogP contribution in [0.1, 0.15) is 33.1 Å². The molecule has 0 aromatic carbocycles. The number of ether oxygens (including phenoxy) is 1. The summed E-state index contributed by atoms with van der Waals surface area (Å²) in [5.41, 5.74) is 0. The number of aromatic nitrogens is 1. The zero-order chi connectivity index (χ0) is 12.5.